The predicted octanol–water partition coefficient (Wildman–Crippen LogP) is 1.37. The zero-order chi connectivity index (χ0) is 24.6. The van der Waals surface area contributed by atoms with E-state index in [1.54, 1.807) is 37.4 Å². The number of rotatable bonds is 5. The van der Waals surface area contributed by atoms with Crippen molar-refractivity contribution in [1.82, 2.24) is 14.7 Å². The molecule has 9 heteroatoms. The van der Waals surface area contributed by atoms with E-state index in [9.17, 15) is 24.6 Å². The minimum atomic E-state index is -1.18. The highest BCUT2D eigenvalue weighted by Crippen LogP contribution is 2.48. The maximum absolute atomic E-state index is 13.4. The number of benzene rings is 2. The van der Waals surface area contributed by atoms with E-state index < -0.39 is 18.0 Å². The number of carbonyl (C=O) groups excluding carboxylic acids is 2. The first kappa shape index (κ1) is 21.4. The molecule has 3 heterocycles. The van der Waals surface area contributed by atoms with Gasteiger partial charge in [-0.3, -0.25) is 9.59 Å². The summed E-state index contributed by atoms with van der Waals surface area (Å²) in [6.45, 7) is 1.93. The van der Waals surface area contributed by atoms with Crippen molar-refractivity contribution in [2.24, 2.45) is 13.0 Å². The Morgan fingerprint density at radius 1 is 1.20 bits per heavy atom. The van der Waals surface area contributed by atoms with Crippen molar-refractivity contribution in [2.75, 3.05) is 0 Å². The van der Waals surface area contributed by atoms with E-state index in [4.69, 9.17) is 0 Å². The van der Waals surface area contributed by atoms with Crippen LogP contribution in [0.25, 0.3) is 16.7 Å². The summed E-state index contributed by atoms with van der Waals surface area (Å²) in [6.07, 6.45) is 2.94. The van der Waals surface area contributed by atoms with Crippen molar-refractivity contribution in [3.05, 3.63) is 77.0 Å². The Kier molecular flexibility index (Phi) is 4.56. The number of aryl methyl sites for hydroxylation is 1. The van der Waals surface area contributed by atoms with Gasteiger partial charge in [0, 0.05) is 16.2 Å². The van der Waals surface area contributed by atoms with Crippen molar-refractivity contribution in [3.8, 4) is 11.1 Å². The first-order valence-electron chi connectivity index (χ1n) is 11.4. The Morgan fingerprint density at radius 3 is 2.60 bits per heavy atom. The summed E-state index contributed by atoms with van der Waals surface area (Å²) in [5, 5.41) is 24.3. The molecular formula is C26H23N4O5+. The fraction of sp³-hybridized carbons (Fsp3) is 0.269. The molecule has 1 fully saturated rings. The Morgan fingerprint density at radius 2 is 1.94 bits per heavy atom. The van der Waals surface area contributed by atoms with Crippen LogP contribution in [0.5, 0.6) is 0 Å². The van der Waals surface area contributed by atoms with Crippen LogP contribution >= 0.6 is 0 Å². The number of β-lactam (4-membered cyclic amide) rings is 1. The minimum absolute atomic E-state index is 0.0468. The molecule has 1 saturated heterocycles. The van der Waals surface area contributed by atoms with Gasteiger partial charge in [-0.15, -0.1) is 4.68 Å². The summed E-state index contributed by atoms with van der Waals surface area (Å²) >= 11 is 0. The molecule has 1 aliphatic carbocycles. The summed E-state index contributed by atoms with van der Waals surface area (Å²) in [6, 6.07) is 10.7. The van der Waals surface area contributed by atoms with E-state index in [0.29, 0.717) is 35.2 Å². The van der Waals surface area contributed by atoms with E-state index in [2.05, 4.69) is 5.10 Å². The fourth-order valence-electron chi connectivity index (χ4n) is 5.76. The SMILES string of the molecule is C[C@@H](O)[C@H]1C(=O)N2C(C(=O)O)=C(c3cc(C[n+]4cnn(C)c4)c4c(c3)-c3ccccc3C4=O)C[C@H]12. The summed E-state index contributed by atoms with van der Waals surface area (Å²) in [5.41, 5.74) is 4.69. The van der Waals surface area contributed by atoms with Crippen LogP contribution in [0.1, 0.15) is 40.4 Å². The quantitative estimate of drug-likeness (QED) is 0.336. The highest BCUT2D eigenvalue weighted by molar-refractivity contribution is 6.22. The molecule has 3 atom stereocenters. The third-order valence-corrected chi connectivity index (χ3v) is 7.24. The van der Waals surface area contributed by atoms with Gasteiger partial charge in [0.2, 0.25) is 12.2 Å². The number of amides is 1. The highest BCUT2D eigenvalue weighted by Gasteiger charge is 2.56. The molecule has 0 radical (unpaired) electrons. The lowest BCUT2D eigenvalue weighted by atomic mass is 9.82. The van der Waals surface area contributed by atoms with Gasteiger partial charge < -0.3 is 15.1 Å². The van der Waals surface area contributed by atoms with Gasteiger partial charge in [-0.05, 0) is 53.3 Å². The van der Waals surface area contributed by atoms with Crippen LogP contribution in [0.3, 0.4) is 0 Å². The van der Waals surface area contributed by atoms with Gasteiger partial charge in [-0.2, -0.15) is 0 Å². The number of hydrogen-bond donors (Lipinski definition) is 2. The van der Waals surface area contributed by atoms with Gasteiger partial charge in [0.25, 0.3) is 6.33 Å². The first-order chi connectivity index (χ1) is 16.8. The summed E-state index contributed by atoms with van der Waals surface area (Å²) in [4.78, 5) is 39.6. The number of carbonyl (C=O) groups is 3. The molecule has 3 aromatic rings. The van der Waals surface area contributed by atoms with Crippen molar-refractivity contribution < 1.29 is 29.2 Å². The van der Waals surface area contributed by atoms with Crippen LogP contribution in [0.4, 0.5) is 0 Å². The van der Waals surface area contributed by atoms with Gasteiger partial charge in [0.15, 0.2) is 5.78 Å². The van der Waals surface area contributed by atoms with Gasteiger partial charge >= 0.3 is 5.97 Å². The molecule has 2 aliphatic heterocycles. The third kappa shape index (κ3) is 3.01. The van der Waals surface area contributed by atoms with Gasteiger partial charge in [0.1, 0.15) is 5.70 Å². The number of aliphatic carboxylic acids is 1. The number of carboxylic acids is 1. The summed E-state index contributed by atoms with van der Waals surface area (Å²) in [5.74, 6) is -2.23. The van der Waals surface area contributed by atoms with Gasteiger partial charge in [-0.25, -0.2) is 9.36 Å². The Hall–Kier alpha value is -4.11. The minimum Gasteiger partial charge on any atom is -0.477 e. The second-order valence-corrected chi connectivity index (χ2v) is 9.40. The van der Waals surface area contributed by atoms with Crippen LogP contribution in [0.2, 0.25) is 0 Å². The molecule has 9 nitrogen and oxygen atoms in total. The van der Waals surface area contributed by atoms with E-state index in [-0.39, 0.29) is 23.4 Å². The summed E-state index contributed by atoms with van der Waals surface area (Å²) in [7, 11) is 1.81. The van der Waals surface area contributed by atoms with Gasteiger partial charge in [0.05, 0.1) is 31.7 Å². The maximum atomic E-state index is 13.4. The van der Waals surface area contributed by atoms with E-state index >= 15 is 0 Å². The van der Waals surface area contributed by atoms with Crippen molar-refractivity contribution >= 4 is 23.2 Å². The molecular weight excluding hydrogens is 448 g/mol. The number of carboxylic acid groups (broad SMARTS) is 1. The number of aliphatic hydroxyl groups is 1. The molecule has 1 amide bonds. The van der Waals surface area contributed by atoms with Crippen LogP contribution in [0.15, 0.2) is 54.7 Å². The molecule has 0 bridgehead atoms. The molecule has 0 unspecified atom stereocenters. The van der Waals surface area contributed by atoms with Crippen LogP contribution in [-0.4, -0.2) is 54.7 Å². The average Bonchev–Trinajstić information content (AvgIpc) is 3.46. The lowest BCUT2D eigenvalue weighted by Crippen LogP contribution is -2.61. The standard InChI is InChI=1S/C26H22N4O5/c1-13(31)21-20-9-18(23(26(34)35)30(20)25(21)33)14-7-15(10-29-11-27-28(2)12-29)22-19(8-14)16-5-3-4-6-17(16)24(22)32/h3-8,11-13,20-21,31H,9-10H2,1-2H3/p+1/t13-,20-,21-/m1/s1. The number of aromatic nitrogens is 3. The zero-order valence-electron chi connectivity index (χ0n) is 19.2. The topological polar surface area (TPSA) is 117 Å². The molecule has 3 aliphatic rings. The molecule has 1 aromatic heterocycles. The lowest BCUT2D eigenvalue weighted by Gasteiger charge is -2.44. The van der Waals surface area contributed by atoms with E-state index in [1.165, 1.54) is 4.90 Å². The number of hydrogen-bond acceptors (Lipinski definition) is 5. The number of nitrogens with zero attached hydrogens (tertiary/aromatic N) is 4. The van der Waals surface area contributed by atoms with Crippen LogP contribution in [0, 0.1) is 5.92 Å². The number of ketones is 1. The maximum Gasteiger partial charge on any atom is 0.352 e. The zero-order valence-corrected chi connectivity index (χ0v) is 19.2. The largest absolute Gasteiger partial charge is 0.477 e. The first-order valence-corrected chi connectivity index (χ1v) is 11.4. The molecule has 2 aromatic carbocycles. The molecule has 35 heavy (non-hydrogen) atoms. The highest BCUT2D eigenvalue weighted by atomic mass is 16.4. The third-order valence-electron chi connectivity index (χ3n) is 7.24. The van der Waals surface area contributed by atoms with Crippen LogP contribution in [-0.2, 0) is 23.2 Å². The lowest BCUT2D eigenvalue weighted by molar-refractivity contribution is -0.689. The summed E-state index contributed by atoms with van der Waals surface area (Å²) < 4.78 is 3.52. The van der Waals surface area contributed by atoms with Crippen LogP contribution < -0.4 is 4.57 Å². The monoisotopic (exact) mass is 471 g/mol. The fourth-order valence-corrected chi connectivity index (χ4v) is 5.76. The number of fused-ring (bicyclic) bond motifs is 4. The van der Waals surface area contributed by atoms with Gasteiger partial charge in [-0.1, -0.05) is 24.3 Å². The van der Waals surface area contributed by atoms with E-state index in [0.717, 1.165) is 16.7 Å². The van der Waals surface area contributed by atoms with Crippen molar-refractivity contribution in [1.29, 1.82) is 0 Å². The molecule has 0 spiro atoms. The van der Waals surface area contributed by atoms with Crippen molar-refractivity contribution in [2.45, 2.75) is 32.0 Å². The number of aliphatic hydroxyl groups excluding tert-OH is 1. The van der Waals surface area contributed by atoms with E-state index in [1.807, 2.05) is 34.9 Å². The Bertz CT molecular complexity index is 1480. The Balaban J connectivity index is 1.54. The smallest absolute Gasteiger partial charge is 0.352 e. The molecule has 2 N–H and O–H groups in total. The second-order valence-electron chi connectivity index (χ2n) is 9.40. The molecule has 0 saturated carbocycles. The Labute approximate surface area is 200 Å². The predicted molar refractivity (Wildman–Crippen MR) is 123 cm³/mol. The molecule has 6 rings (SSSR count). The second kappa shape index (κ2) is 7.44. The normalized spacial score (nSPS) is 21.1. The molecule has 176 valence electrons. The average molecular weight is 471 g/mol. The van der Waals surface area contributed by atoms with Crippen molar-refractivity contribution in [3.63, 3.8) is 0 Å².